The van der Waals surface area contributed by atoms with E-state index < -0.39 is 10.0 Å². The van der Waals surface area contributed by atoms with Crippen molar-refractivity contribution in [2.45, 2.75) is 12.3 Å². The fraction of sp³-hybridized carbons (Fsp3) is 0.154. The molecule has 0 amide bonds. The van der Waals surface area contributed by atoms with Gasteiger partial charge in [-0.25, -0.2) is 13.4 Å². The lowest BCUT2D eigenvalue weighted by Crippen LogP contribution is -2.16. The molecule has 5 nitrogen and oxygen atoms in total. The normalized spacial score (nSPS) is 11.3. The van der Waals surface area contributed by atoms with Crippen LogP contribution in [-0.2, 0) is 22.3 Å². The van der Waals surface area contributed by atoms with Crippen LogP contribution in [0.3, 0.4) is 0 Å². The third kappa shape index (κ3) is 4.03. The van der Waals surface area contributed by atoms with Crippen molar-refractivity contribution in [2.24, 2.45) is 5.73 Å². The molecule has 1 heterocycles. The van der Waals surface area contributed by atoms with Gasteiger partial charge in [-0.3, -0.25) is 4.72 Å². The Morgan fingerprint density at radius 3 is 2.40 bits per heavy atom. The van der Waals surface area contributed by atoms with E-state index in [0.717, 1.165) is 5.56 Å². The second-order valence-corrected chi connectivity index (χ2v) is 6.79. The van der Waals surface area contributed by atoms with Gasteiger partial charge in [0.05, 0.1) is 10.2 Å². The lowest BCUT2D eigenvalue weighted by molar-refractivity contribution is 0.600. The highest BCUT2D eigenvalue weighted by Gasteiger charge is 2.14. The minimum atomic E-state index is -3.50. The van der Waals surface area contributed by atoms with Crippen LogP contribution in [0.4, 0.5) is 5.82 Å². The van der Waals surface area contributed by atoms with E-state index in [1.165, 1.54) is 6.20 Å². The molecule has 0 aliphatic rings. The summed E-state index contributed by atoms with van der Waals surface area (Å²) in [4.78, 5) is 3.98. The van der Waals surface area contributed by atoms with Crippen molar-refractivity contribution in [1.29, 1.82) is 0 Å². The number of rotatable bonds is 5. The number of aromatic nitrogens is 1. The van der Waals surface area contributed by atoms with Crippen molar-refractivity contribution in [3.8, 4) is 0 Å². The molecule has 1 aromatic heterocycles. The van der Waals surface area contributed by atoms with E-state index in [9.17, 15) is 8.42 Å². The second kappa shape index (κ2) is 6.34. The number of hydrogen-bond acceptors (Lipinski definition) is 4. The predicted octanol–water partition coefficient (Wildman–Crippen LogP) is 2.24. The van der Waals surface area contributed by atoms with Crippen LogP contribution < -0.4 is 10.5 Å². The lowest BCUT2D eigenvalue weighted by atomic mass is 10.1. The molecular weight excluding hydrogens is 342 g/mol. The molecule has 2 rings (SSSR count). The van der Waals surface area contributed by atoms with Gasteiger partial charge in [0.15, 0.2) is 5.82 Å². The summed E-state index contributed by atoms with van der Waals surface area (Å²) in [5.74, 6) is 0.173. The third-order valence-corrected chi connectivity index (χ3v) is 4.48. The molecule has 7 heteroatoms. The zero-order valence-electron chi connectivity index (χ0n) is 10.6. The van der Waals surface area contributed by atoms with Crippen molar-refractivity contribution in [1.82, 2.24) is 4.98 Å². The summed E-state index contributed by atoms with van der Waals surface area (Å²) in [6, 6.07) is 10.6. The highest BCUT2D eigenvalue weighted by Crippen LogP contribution is 2.20. The molecule has 0 unspecified atom stereocenters. The fourth-order valence-electron chi connectivity index (χ4n) is 1.64. The topological polar surface area (TPSA) is 85.1 Å². The summed E-state index contributed by atoms with van der Waals surface area (Å²) in [5, 5.41) is 0. The van der Waals surface area contributed by atoms with Gasteiger partial charge in [0.1, 0.15) is 0 Å². The molecule has 3 N–H and O–H groups in total. The van der Waals surface area contributed by atoms with Crippen molar-refractivity contribution in [2.75, 3.05) is 4.72 Å². The average molecular weight is 356 g/mol. The number of anilines is 1. The maximum absolute atomic E-state index is 12.1. The average Bonchev–Trinajstić information content (AvgIpc) is 2.41. The zero-order valence-corrected chi connectivity index (χ0v) is 13.0. The Hall–Kier alpha value is -1.44. The Morgan fingerprint density at radius 1 is 1.15 bits per heavy atom. The Kier molecular flexibility index (Phi) is 4.74. The molecule has 0 fully saturated rings. The minimum absolute atomic E-state index is 0.110. The monoisotopic (exact) mass is 355 g/mol. The van der Waals surface area contributed by atoms with Crippen LogP contribution in [0.5, 0.6) is 0 Å². The number of hydrogen-bond donors (Lipinski definition) is 2. The number of nitrogens with two attached hydrogens (primary N) is 1. The number of nitrogens with zero attached hydrogens (tertiary/aromatic N) is 1. The van der Waals surface area contributed by atoms with Gasteiger partial charge in [-0.05, 0) is 39.2 Å². The van der Waals surface area contributed by atoms with Gasteiger partial charge in [-0.1, -0.05) is 24.3 Å². The molecule has 0 atom stereocenters. The van der Waals surface area contributed by atoms with E-state index in [4.69, 9.17) is 5.73 Å². The van der Waals surface area contributed by atoms with Crippen molar-refractivity contribution in [3.05, 3.63) is 58.2 Å². The van der Waals surface area contributed by atoms with Gasteiger partial charge in [0.25, 0.3) is 0 Å². The predicted molar refractivity (Wildman–Crippen MR) is 82.5 cm³/mol. The minimum Gasteiger partial charge on any atom is -0.326 e. The summed E-state index contributed by atoms with van der Waals surface area (Å²) in [6.07, 6.45) is 1.53. The lowest BCUT2D eigenvalue weighted by Gasteiger charge is -2.09. The van der Waals surface area contributed by atoms with Gasteiger partial charge < -0.3 is 5.73 Å². The molecule has 0 saturated heterocycles. The van der Waals surface area contributed by atoms with Crippen molar-refractivity contribution < 1.29 is 8.42 Å². The van der Waals surface area contributed by atoms with E-state index >= 15 is 0 Å². The molecule has 0 spiro atoms. The van der Waals surface area contributed by atoms with Gasteiger partial charge >= 0.3 is 0 Å². The Labute approximate surface area is 126 Å². The van der Waals surface area contributed by atoms with Gasteiger partial charge in [0, 0.05) is 12.7 Å². The van der Waals surface area contributed by atoms with Gasteiger partial charge in [0.2, 0.25) is 10.0 Å². The Bertz CT molecular complexity index is 687. The summed E-state index contributed by atoms with van der Waals surface area (Å²) in [6.45, 7) is 0.437. The van der Waals surface area contributed by atoms with Crippen LogP contribution in [0.25, 0.3) is 0 Å². The quantitative estimate of drug-likeness (QED) is 0.861. The van der Waals surface area contributed by atoms with Crippen LogP contribution in [0.1, 0.15) is 11.1 Å². The Balaban J connectivity index is 2.13. The van der Waals surface area contributed by atoms with Crippen molar-refractivity contribution in [3.63, 3.8) is 0 Å². The maximum Gasteiger partial charge on any atom is 0.238 e. The maximum atomic E-state index is 12.1. The molecule has 0 radical (unpaired) electrons. The summed E-state index contributed by atoms with van der Waals surface area (Å²) in [5.41, 5.74) is 7.16. The molecule has 1 aromatic carbocycles. The standard InChI is InChI=1S/C13H14BrN3O2S/c14-12-2-1-7-16-13(12)17-20(18,19)9-11-5-3-10(8-15)4-6-11/h1-7H,8-9,15H2,(H,16,17). The smallest absolute Gasteiger partial charge is 0.238 e. The first-order valence-corrected chi connectivity index (χ1v) is 8.33. The van der Waals surface area contributed by atoms with Crippen LogP contribution in [0.2, 0.25) is 0 Å². The summed E-state index contributed by atoms with van der Waals surface area (Å²) < 4.78 is 27.2. The fourth-order valence-corrected chi connectivity index (χ4v) is 3.28. The summed E-state index contributed by atoms with van der Waals surface area (Å²) >= 11 is 3.25. The van der Waals surface area contributed by atoms with Crippen LogP contribution in [0, 0.1) is 0 Å². The first-order valence-electron chi connectivity index (χ1n) is 5.89. The number of nitrogens with one attached hydrogen (secondary N) is 1. The molecule has 2 aromatic rings. The number of benzene rings is 1. The van der Waals surface area contributed by atoms with Crippen LogP contribution >= 0.6 is 15.9 Å². The highest BCUT2D eigenvalue weighted by atomic mass is 79.9. The third-order valence-electron chi connectivity index (χ3n) is 2.63. The van der Waals surface area contributed by atoms with E-state index in [2.05, 4.69) is 25.6 Å². The van der Waals surface area contributed by atoms with E-state index in [1.807, 2.05) is 12.1 Å². The van der Waals surface area contributed by atoms with Crippen molar-refractivity contribution >= 4 is 31.8 Å². The number of sulfonamides is 1. The molecule has 0 aliphatic heterocycles. The second-order valence-electron chi connectivity index (χ2n) is 4.22. The van der Waals surface area contributed by atoms with Gasteiger partial charge in [-0.2, -0.15) is 0 Å². The first-order chi connectivity index (χ1) is 9.50. The highest BCUT2D eigenvalue weighted by molar-refractivity contribution is 9.10. The molecule has 0 aliphatic carbocycles. The molecule has 20 heavy (non-hydrogen) atoms. The molecule has 0 bridgehead atoms. The SMILES string of the molecule is NCc1ccc(CS(=O)(=O)Nc2ncccc2Br)cc1. The van der Waals surface area contributed by atoms with E-state index in [0.29, 0.717) is 16.6 Å². The van der Waals surface area contributed by atoms with Crippen LogP contribution in [0.15, 0.2) is 47.1 Å². The largest absolute Gasteiger partial charge is 0.326 e. The van der Waals surface area contributed by atoms with E-state index in [1.54, 1.807) is 24.3 Å². The Morgan fingerprint density at radius 2 is 1.80 bits per heavy atom. The summed E-state index contributed by atoms with van der Waals surface area (Å²) in [7, 11) is -3.50. The number of pyridine rings is 1. The molecule has 0 saturated carbocycles. The van der Waals surface area contributed by atoms with Crippen LogP contribution in [-0.4, -0.2) is 13.4 Å². The van der Waals surface area contributed by atoms with Gasteiger partial charge in [-0.15, -0.1) is 0 Å². The molecular formula is C13H14BrN3O2S. The zero-order chi connectivity index (χ0) is 14.6. The van der Waals surface area contributed by atoms with E-state index in [-0.39, 0.29) is 11.6 Å². The molecule has 106 valence electrons. The first kappa shape index (κ1) is 15.0. The number of halogens is 1.